The van der Waals surface area contributed by atoms with Crippen LogP contribution in [0.4, 0.5) is 5.69 Å². The van der Waals surface area contributed by atoms with Gasteiger partial charge in [0.15, 0.2) is 0 Å². The van der Waals surface area contributed by atoms with E-state index >= 15 is 0 Å². The molecule has 0 bridgehead atoms. The van der Waals surface area contributed by atoms with Crippen molar-refractivity contribution in [2.24, 2.45) is 5.92 Å². The summed E-state index contributed by atoms with van der Waals surface area (Å²) in [5.74, 6) is -0.321. The third-order valence-corrected chi connectivity index (χ3v) is 7.04. The molecule has 5 nitrogen and oxygen atoms in total. The first-order chi connectivity index (χ1) is 12.4. The van der Waals surface area contributed by atoms with Crippen molar-refractivity contribution in [2.75, 3.05) is 18.4 Å². The number of amides is 1. The van der Waals surface area contributed by atoms with Gasteiger partial charge < -0.3 is 5.32 Å². The fourth-order valence-electron chi connectivity index (χ4n) is 2.92. The topological polar surface area (TPSA) is 66.5 Å². The van der Waals surface area contributed by atoms with Crippen LogP contribution in [0, 0.1) is 5.92 Å². The van der Waals surface area contributed by atoms with Crippen molar-refractivity contribution in [3.05, 3.63) is 58.0 Å². The van der Waals surface area contributed by atoms with Gasteiger partial charge in [0.25, 0.3) is 0 Å². The van der Waals surface area contributed by atoms with Crippen molar-refractivity contribution in [1.29, 1.82) is 0 Å². The zero-order valence-electron chi connectivity index (χ0n) is 13.9. The summed E-state index contributed by atoms with van der Waals surface area (Å²) in [4.78, 5) is 12.7. The van der Waals surface area contributed by atoms with E-state index in [0.717, 1.165) is 4.47 Å². The van der Waals surface area contributed by atoms with E-state index in [1.165, 1.54) is 4.31 Å². The van der Waals surface area contributed by atoms with Gasteiger partial charge in [0, 0.05) is 34.2 Å². The Morgan fingerprint density at radius 2 is 1.77 bits per heavy atom. The number of rotatable bonds is 4. The van der Waals surface area contributed by atoms with Gasteiger partial charge in [-0.05, 0) is 55.3 Å². The molecule has 1 saturated heterocycles. The van der Waals surface area contributed by atoms with Gasteiger partial charge in [-0.15, -0.1) is 0 Å². The molecule has 1 amide bonds. The fourth-order valence-corrected chi connectivity index (χ4v) is 4.85. The Hall–Kier alpha value is -1.41. The second kappa shape index (κ2) is 8.08. The molecule has 3 rings (SSSR count). The average Bonchev–Trinajstić information content (AvgIpc) is 2.62. The van der Waals surface area contributed by atoms with Crippen LogP contribution < -0.4 is 5.32 Å². The number of halogens is 2. The highest BCUT2D eigenvalue weighted by molar-refractivity contribution is 9.10. The number of sulfonamides is 1. The zero-order chi connectivity index (χ0) is 18.7. The molecule has 0 saturated carbocycles. The molecule has 2 aromatic carbocycles. The molecule has 0 radical (unpaired) electrons. The van der Waals surface area contributed by atoms with Gasteiger partial charge >= 0.3 is 0 Å². The molecule has 0 unspecified atom stereocenters. The first kappa shape index (κ1) is 19.4. The second-order valence-corrected chi connectivity index (χ2v) is 9.42. The predicted molar refractivity (Wildman–Crippen MR) is 106 cm³/mol. The van der Waals surface area contributed by atoms with Gasteiger partial charge in [0.05, 0.1) is 4.90 Å². The number of hydrogen-bond donors (Lipinski definition) is 1. The standard InChI is InChI=1S/C18H18BrClN2O3S/c19-14-4-6-17(7-5-14)26(24,25)22-10-8-13(9-11-22)18(23)21-16-3-1-2-15(20)12-16/h1-7,12-13H,8-11H2,(H,21,23). The molecule has 2 aromatic rings. The van der Waals surface area contributed by atoms with Gasteiger partial charge in [0.1, 0.15) is 0 Å². The van der Waals surface area contributed by atoms with Crippen LogP contribution in [0.3, 0.4) is 0 Å². The number of hydrogen-bond acceptors (Lipinski definition) is 3. The number of anilines is 1. The Morgan fingerprint density at radius 1 is 1.12 bits per heavy atom. The van der Waals surface area contributed by atoms with E-state index in [-0.39, 0.29) is 16.7 Å². The number of carbonyl (C=O) groups is 1. The van der Waals surface area contributed by atoms with E-state index < -0.39 is 10.0 Å². The van der Waals surface area contributed by atoms with Gasteiger partial charge in [-0.3, -0.25) is 4.79 Å². The number of piperidine rings is 1. The first-order valence-electron chi connectivity index (χ1n) is 8.18. The van der Waals surface area contributed by atoms with Crippen LogP contribution in [0.25, 0.3) is 0 Å². The van der Waals surface area contributed by atoms with Gasteiger partial charge in [-0.2, -0.15) is 4.31 Å². The van der Waals surface area contributed by atoms with E-state index in [1.807, 2.05) is 0 Å². The van der Waals surface area contributed by atoms with Crippen LogP contribution in [0.2, 0.25) is 5.02 Å². The van der Waals surface area contributed by atoms with E-state index in [4.69, 9.17) is 11.6 Å². The summed E-state index contributed by atoms with van der Waals surface area (Å²) >= 11 is 9.23. The third kappa shape index (κ3) is 4.46. The van der Waals surface area contributed by atoms with E-state index in [1.54, 1.807) is 48.5 Å². The van der Waals surface area contributed by atoms with Crippen molar-refractivity contribution in [2.45, 2.75) is 17.7 Å². The molecule has 1 heterocycles. The minimum Gasteiger partial charge on any atom is -0.326 e. The van der Waals surface area contributed by atoms with Crippen molar-refractivity contribution in [1.82, 2.24) is 4.31 Å². The summed E-state index contributed by atoms with van der Waals surface area (Å²) in [6, 6.07) is 13.5. The summed E-state index contributed by atoms with van der Waals surface area (Å²) in [5, 5.41) is 3.40. The molecular formula is C18H18BrClN2O3S. The Kier molecular flexibility index (Phi) is 6.02. The number of carbonyl (C=O) groups excluding carboxylic acids is 1. The summed E-state index contributed by atoms with van der Waals surface area (Å²) in [7, 11) is -3.53. The van der Waals surface area contributed by atoms with Crippen LogP contribution in [-0.4, -0.2) is 31.7 Å². The minimum absolute atomic E-state index is 0.104. The van der Waals surface area contributed by atoms with Crippen molar-refractivity contribution < 1.29 is 13.2 Å². The van der Waals surface area contributed by atoms with Crippen LogP contribution in [0.15, 0.2) is 57.9 Å². The Bertz CT molecular complexity index is 895. The molecule has 1 fully saturated rings. The normalized spacial score (nSPS) is 16.4. The lowest BCUT2D eigenvalue weighted by Crippen LogP contribution is -2.41. The van der Waals surface area contributed by atoms with Gasteiger partial charge in [-0.1, -0.05) is 33.6 Å². The molecule has 0 spiro atoms. The summed E-state index contributed by atoms with van der Waals surface area (Å²) in [6.45, 7) is 0.651. The molecule has 1 aliphatic rings. The molecule has 8 heteroatoms. The minimum atomic E-state index is -3.53. The highest BCUT2D eigenvalue weighted by Crippen LogP contribution is 2.26. The lowest BCUT2D eigenvalue weighted by atomic mass is 9.97. The van der Waals surface area contributed by atoms with Crippen LogP contribution in [0.5, 0.6) is 0 Å². The summed E-state index contributed by atoms with van der Waals surface area (Å²) in [6.07, 6.45) is 0.977. The van der Waals surface area contributed by atoms with Crippen molar-refractivity contribution >= 4 is 49.1 Å². The van der Waals surface area contributed by atoms with Crippen LogP contribution >= 0.6 is 27.5 Å². The Morgan fingerprint density at radius 3 is 2.38 bits per heavy atom. The lowest BCUT2D eigenvalue weighted by Gasteiger charge is -2.30. The monoisotopic (exact) mass is 456 g/mol. The SMILES string of the molecule is O=C(Nc1cccc(Cl)c1)C1CCN(S(=O)(=O)c2ccc(Br)cc2)CC1. The van der Waals surface area contributed by atoms with Gasteiger partial charge in [0.2, 0.25) is 15.9 Å². The average molecular weight is 458 g/mol. The van der Waals surface area contributed by atoms with E-state index in [9.17, 15) is 13.2 Å². The quantitative estimate of drug-likeness (QED) is 0.750. The highest BCUT2D eigenvalue weighted by Gasteiger charge is 2.32. The summed E-state index contributed by atoms with van der Waals surface area (Å²) in [5.41, 5.74) is 0.646. The largest absolute Gasteiger partial charge is 0.326 e. The molecule has 0 aliphatic carbocycles. The third-order valence-electron chi connectivity index (χ3n) is 4.37. The zero-order valence-corrected chi connectivity index (χ0v) is 17.0. The summed E-state index contributed by atoms with van der Waals surface area (Å²) < 4.78 is 27.7. The molecule has 0 atom stereocenters. The highest BCUT2D eigenvalue weighted by atomic mass is 79.9. The van der Waals surface area contributed by atoms with Crippen LogP contribution in [-0.2, 0) is 14.8 Å². The Labute approximate surface area is 166 Å². The molecule has 138 valence electrons. The molecule has 1 N–H and O–H groups in total. The number of nitrogens with zero attached hydrogens (tertiary/aromatic N) is 1. The fraction of sp³-hybridized carbons (Fsp3) is 0.278. The van der Waals surface area contributed by atoms with Crippen molar-refractivity contribution in [3.8, 4) is 0 Å². The van der Waals surface area contributed by atoms with Crippen LogP contribution in [0.1, 0.15) is 12.8 Å². The van der Waals surface area contributed by atoms with Crippen molar-refractivity contribution in [3.63, 3.8) is 0 Å². The maximum absolute atomic E-state index is 12.7. The first-order valence-corrected chi connectivity index (χ1v) is 10.8. The van der Waals surface area contributed by atoms with E-state index in [2.05, 4.69) is 21.2 Å². The number of benzene rings is 2. The smallest absolute Gasteiger partial charge is 0.243 e. The second-order valence-electron chi connectivity index (χ2n) is 6.13. The predicted octanol–water partition coefficient (Wildman–Crippen LogP) is 4.14. The van der Waals surface area contributed by atoms with E-state index in [0.29, 0.717) is 36.6 Å². The molecular weight excluding hydrogens is 440 g/mol. The molecule has 26 heavy (non-hydrogen) atoms. The maximum Gasteiger partial charge on any atom is 0.243 e. The Balaban J connectivity index is 1.61. The lowest BCUT2D eigenvalue weighted by molar-refractivity contribution is -0.120. The molecule has 0 aromatic heterocycles. The number of nitrogens with one attached hydrogen (secondary N) is 1. The van der Waals surface area contributed by atoms with Gasteiger partial charge in [-0.25, -0.2) is 8.42 Å². The maximum atomic E-state index is 12.7. The molecule has 1 aliphatic heterocycles.